The number of carbonyl (C=O) groups excluding carboxylic acids is 1. The van der Waals surface area contributed by atoms with Crippen molar-refractivity contribution in [2.24, 2.45) is 0 Å². The maximum Gasteiger partial charge on any atom is 0.323 e. The molecule has 0 bridgehead atoms. The molecule has 0 saturated heterocycles. The zero-order valence-electron chi connectivity index (χ0n) is 10.5. The smallest absolute Gasteiger partial charge is 0.323 e. The molecule has 0 aliphatic rings. The number of hydrogen-bond acceptors (Lipinski definition) is 3. The molecule has 0 radical (unpaired) electrons. The van der Waals surface area contributed by atoms with Crippen molar-refractivity contribution in [2.45, 2.75) is 25.1 Å². The van der Waals surface area contributed by atoms with Gasteiger partial charge >= 0.3 is 5.97 Å². The summed E-state index contributed by atoms with van der Waals surface area (Å²) in [7, 11) is 0. The number of nitrogens with zero attached hydrogens (tertiary/aromatic N) is 1. The summed E-state index contributed by atoms with van der Waals surface area (Å²) in [5, 5.41) is 12.0. The number of thioether (sulfide) groups is 1. The second-order valence-electron chi connectivity index (χ2n) is 4.01. The molecular weight excluding hydrogens is 252 g/mol. The minimum atomic E-state index is -0.962. The van der Waals surface area contributed by atoms with E-state index in [-0.39, 0.29) is 12.5 Å². The van der Waals surface area contributed by atoms with Crippen LogP contribution in [0.15, 0.2) is 18.3 Å². The topological polar surface area (TPSA) is 71.3 Å². The average molecular weight is 270 g/mol. The maximum absolute atomic E-state index is 11.8. The molecule has 2 N–H and O–H groups in total. The second-order valence-corrected chi connectivity index (χ2v) is 5.28. The van der Waals surface area contributed by atoms with Gasteiger partial charge in [-0.15, -0.1) is 0 Å². The Morgan fingerprint density at radius 3 is 2.89 bits per heavy atom. The SMILES string of the molecule is CSC(C)CCNC(=O)c1cccn1CC(=O)O. The van der Waals surface area contributed by atoms with Gasteiger partial charge in [0.05, 0.1) is 0 Å². The summed E-state index contributed by atoms with van der Waals surface area (Å²) >= 11 is 1.75. The first-order valence-corrected chi connectivity index (χ1v) is 7.01. The Hall–Kier alpha value is -1.43. The van der Waals surface area contributed by atoms with Gasteiger partial charge in [0.15, 0.2) is 0 Å². The minimum absolute atomic E-state index is 0.197. The molecule has 0 aliphatic heterocycles. The molecule has 5 nitrogen and oxygen atoms in total. The van der Waals surface area contributed by atoms with Crippen LogP contribution in [0.3, 0.4) is 0 Å². The number of nitrogens with one attached hydrogen (secondary N) is 1. The van der Waals surface area contributed by atoms with Gasteiger partial charge in [-0.1, -0.05) is 6.92 Å². The first-order chi connectivity index (χ1) is 8.54. The Balaban J connectivity index is 2.51. The predicted molar refractivity (Wildman–Crippen MR) is 72.0 cm³/mol. The molecule has 18 heavy (non-hydrogen) atoms. The Bertz CT molecular complexity index is 417. The lowest BCUT2D eigenvalue weighted by molar-refractivity contribution is -0.137. The van der Waals surface area contributed by atoms with Crippen LogP contribution in [0.25, 0.3) is 0 Å². The zero-order valence-corrected chi connectivity index (χ0v) is 11.4. The van der Waals surface area contributed by atoms with Crippen LogP contribution >= 0.6 is 11.8 Å². The number of amides is 1. The molecule has 0 fully saturated rings. The van der Waals surface area contributed by atoms with Crippen molar-refractivity contribution in [3.63, 3.8) is 0 Å². The van der Waals surface area contributed by atoms with Crippen molar-refractivity contribution < 1.29 is 14.7 Å². The lowest BCUT2D eigenvalue weighted by atomic mass is 10.3. The summed E-state index contributed by atoms with van der Waals surface area (Å²) in [5.74, 6) is -1.19. The predicted octanol–water partition coefficient (Wildman–Crippen LogP) is 1.44. The first-order valence-electron chi connectivity index (χ1n) is 5.72. The van der Waals surface area contributed by atoms with Crippen LogP contribution in [0, 0.1) is 0 Å². The Morgan fingerprint density at radius 2 is 2.28 bits per heavy atom. The molecule has 100 valence electrons. The van der Waals surface area contributed by atoms with Crippen LogP contribution in [0.1, 0.15) is 23.8 Å². The van der Waals surface area contributed by atoms with Crippen LogP contribution in [-0.4, -0.2) is 39.6 Å². The van der Waals surface area contributed by atoms with Gasteiger partial charge in [0.1, 0.15) is 12.2 Å². The van der Waals surface area contributed by atoms with Crippen molar-refractivity contribution in [1.82, 2.24) is 9.88 Å². The van der Waals surface area contributed by atoms with Crippen molar-refractivity contribution in [3.05, 3.63) is 24.0 Å². The lowest BCUT2D eigenvalue weighted by Gasteiger charge is -2.10. The molecule has 1 rings (SSSR count). The van der Waals surface area contributed by atoms with E-state index in [0.29, 0.717) is 17.5 Å². The van der Waals surface area contributed by atoms with Crippen LogP contribution in [-0.2, 0) is 11.3 Å². The van der Waals surface area contributed by atoms with Gasteiger partial charge in [0, 0.05) is 18.0 Å². The Morgan fingerprint density at radius 1 is 1.56 bits per heavy atom. The molecule has 0 aromatic carbocycles. The summed E-state index contributed by atoms with van der Waals surface area (Å²) in [6.45, 7) is 2.50. The highest BCUT2D eigenvalue weighted by atomic mass is 32.2. The Labute approximate surface area is 111 Å². The minimum Gasteiger partial charge on any atom is -0.480 e. The molecule has 1 atom stereocenters. The van der Waals surface area contributed by atoms with E-state index in [9.17, 15) is 9.59 Å². The van der Waals surface area contributed by atoms with E-state index >= 15 is 0 Å². The summed E-state index contributed by atoms with van der Waals surface area (Å²) < 4.78 is 1.43. The van der Waals surface area contributed by atoms with Gasteiger partial charge < -0.3 is 15.0 Å². The highest BCUT2D eigenvalue weighted by molar-refractivity contribution is 7.99. The monoisotopic (exact) mass is 270 g/mol. The third-order valence-corrected chi connectivity index (χ3v) is 3.65. The van der Waals surface area contributed by atoms with Crippen LogP contribution in [0.5, 0.6) is 0 Å². The number of carbonyl (C=O) groups is 2. The number of carboxylic acid groups (broad SMARTS) is 1. The standard InChI is InChI=1S/C12H18N2O3S/c1-9(18-2)5-6-13-12(17)10-4-3-7-14(10)8-11(15)16/h3-4,7,9H,5-6,8H2,1-2H3,(H,13,17)(H,15,16). The third-order valence-electron chi connectivity index (χ3n) is 2.61. The van der Waals surface area contributed by atoms with Crippen molar-refractivity contribution >= 4 is 23.6 Å². The molecule has 0 saturated carbocycles. The molecular formula is C12H18N2O3S. The van der Waals surface area contributed by atoms with Gasteiger partial charge in [0.25, 0.3) is 5.91 Å². The molecule has 1 unspecified atom stereocenters. The van der Waals surface area contributed by atoms with Gasteiger partial charge in [0.2, 0.25) is 0 Å². The number of hydrogen-bond donors (Lipinski definition) is 2. The van der Waals surface area contributed by atoms with Gasteiger partial charge in [-0.2, -0.15) is 11.8 Å². The van der Waals surface area contributed by atoms with E-state index in [1.165, 1.54) is 4.57 Å². The molecule has 6 heteroatoms. The molecule has 0 aliphatic carbocycles. The van der Waals surface area contributed by atoms with E-state index in [1.807, 2.05) is 6.26 Å². The van der Waals surface area contributed by atoms with Crippen molar-refractivity contribution in [2.75, 3.05) is 12.8 Å². The van der Waals surface area contributed by atoms with Crippen LogP contribution in [0.4, 0.5) is 0 Å². The fraction of sp³-hybridized carbons (Fsp3) is 0.500. The number of aliphatic carboxylic acids is 1. The third kappa shape index (κ3) is 4.44. The summed E-state index contributed by atoms with van der Waals surface area (Å²) in [5.41, 5.74) is 0.384. The summed E-state index contributed by atoms with van der Waals surface area (Å²) in [6.07, 6.45) is 4.52. The second kappa shape index (κ2) is 7.10. The van der Waals surface area contributed by atoms with Crippen LogP contribution in [0.2, 0.25) is 0 Å². The molecule has 1 aromatic rings. The summed E-state index contributed by atoms with van der Waals surface area (Å²) in [4.78, 5) is 22.5. The van der Waals surface area contributed by atoms with Crippen molar-refractivity contribution in [1.29, 1.82) is 0 Å². The molecule has 1 amide bonds. The first kappa shape index (κ1) is 14.6. The molecule has 1 heterocycles. The fourth-order valence-corrected chi connectivity index (χ4v) is 1.85. The normalized spacial score (nSPS) is 12.1. The highest BCUT2D eigenvalue weighted by Gasteiger charge is 2.12. The van der Waals surface area contributed by atoms with Crippen LogP contribution < -0.4 is 5.32 Å². The van der Waals surface area contributed by atoms with Crippen molar-refractivity contribution in [3.8, 4) is 0 Å². The molecule has 1 aromatic heterocycles. The van der Waals surface area contributed by atoms with E-state index in [1.54, 1.807) is 30.1 Å². The van der Waals surface area contributed by atoms with E-state index in [0.717, 1.165) is 6.42 Å². The number of rotatable bonds is 7. The van der Waals surface area contributed by atoms with E-state index in [2.05, 4.69) is 12.2 Å². The van der Waals surface area contributed by atoms with E-state index in [4.69, 9.17) is 5.11 Å². The Kier molecular flexibility index (Phi) is 5.77. The lowest BCUT2D eigenvalue weighted by Crippen LogP contribution is -2.28. The zero-order chi connectivity index (χ0) is 13.5. The average Bonchev–Trinajstić information content (AvgIpc) is 2.75. The van der Waals surface area contributed by atoms with Gasteiger partial charge in [-0.25, -0.2) is 0 Å². The number of carboxylic acids is 1. The van der Waals surface area contributed by atoms with Gasteiger partial charge in [-0.05, 0) is 24.8 Å². The van der Waals surface area contributed by atoms with E-state index < -0.39 is 5.97 Å². The highest BCUT2D eigenvalue weighted by Crippen LogP contribution is 2.08. The molecule has 0 spiro atoms. The quantitative estimate of drug-likeness (QED) is 0.786. The fourth-order valence-electron chi connectivity index (χ4n) is 1.50. The number of aromatic nitrogens is 1. The largest absolute Gasteiger partial charge is 0.480 e. The summed E-state index contributed by atoms with van der Waals surface area (Å²) in [6, 6.07) is 3.29. The van der Waals surface area contributed by atoms with Gasteiger partial charge in [-0.3, -0.25) is 9.59 Å². The maximum atomic E-state index is 11.8.